The molecule has 1 aromatic carbocycles. The van der Waals surface area contributed by atoms with Crippen LogP contribution in [0.1, 0.15) is 50.5 Å². The monoisotopic (exact) mass is 259 g/mol. The smallest absolute Gasteiger partial charge is 0.251 e. The van der Waals surface area contributed by atoms with Gasteiger partial charge in [0, 0.05) is 18.4 Å². The van der Waals surface area contributed by atoms with Crippen molar-refractivity contribution in [2.75, 3.05) is 0 Å². The van der Waals surface area contributed by atoms with Crippen LogP contribution in [0.5, 0.6) is 11.5 Å². The van der Waals surface area contributed by atoms with Gasteiger partial charge in [-0.05, 0) is 49.8 Å². The third-order valence-electron chi connectivity index (χ3n) is 4.66. The van der Waals surface area contributed by atoms with E-state index in [0.29, 0.717) is 0 Å². The van der Waals surface area contributed by atoms with Crippen LogP contribution in [0.4, 0.5) is 0 Å². The Hall–Kier alpha value is -1.22. The van der Waals surface area contributed by atoms with Crippen LogP contribution in [-0.2, 0) is 6.42 Å². The Balaban J connectivity index is 1.56. The quantitative estimate of drug-likeness (QED) is 0.887. The highest BCUT2D eigenvalue weighted by Crippen LogP contribution is 2.46. The predicted octanol–water partition coefficient (Wildman–Crippen LogP) is 3.15. The summed E-state index contributed by atoms with van der Waals surface area (Å²) >= 11 is 0. The average Bonchev–Trinajstić information content (AvgIpc) is 3.00. The van der Waals surface area contributed by atoms with Gasteiger partial charge < -0.3 is 15.2 Å². The van der Waals surface area contributed by atoms with Crippen LogP contribution >= 0.6 is 0 Å². The van der Waals surface area contributed by atoms with E-state index in [9.17, 15) is 0 Å². The van der Waals surface area contributed by atoms with Crippen LogP contribution in [0.3, 0.4) is 0 Å². The van der Waals surface area contributed by atoms with Crippen molar-refractivity contribution in [1.82, 2.24) is 0 Å². The van der Waals surface area contributed by atoms with Crippen molar-refractivity contribution in [3.8, 4) is 11.5 Å². The number of ether oxygens (including phenoxy) is 2. The number of benzene rings is 1. The van der Waals surface area contributed by atoms with Crippen molar-refractivity contribution in [3.05, 3.63) is 23.8 Å². The molecule has 1 spiro atoms. The van der Waals surface area contributed by atoms with Gasteiger partial charge in [-0.25, -0.2) is 0 Å². The lowest BCUT2D eigenvalue weighted by Crippen LogP contribution is -2.40. The Kier molecular flexibility index (Phi) is 2.37. The molecule has 2 N–H and O–H groups in total. The summed E-state index contributed by atoms with van der Waals surface area (Å²) < 4.78 is 12.2. The van der Waals surface area contributed by atoms with Gasteiger partial charge in [0.25, 0.3) is 5.79 Å². The summed E-state index contributed by atoms with van der Waals surface area (Å²) in [7, 11) is 0. The lowest BCUT2D eigenvalue weighted by atomic mass is 9.94. The molecule has 102 valence electrons. The van der Waals surface area contributed by atoms with Crippen molar-refractivity contribution in [1.29, 1.82) is 0 Å². The van der Waals surface area contributed by atoms with Gasteiger partial charge in [0.15, 0.2) is 11.5 Å². The van der Waals surface area contributed by atoms with Gasteiger partial charge in [-0.2, -0.15) is 0 Å². The molecule has 0 radical (unpaired) electrons. The molecule has 1 heterocycles. The molecule has 2 fully saturated rings. The first-order valence-corrected chi connectivity index (χ1v) is 7.46. The zero-order valence-corrected chi connectivity index (χ0v) is 11.3. The molecule has 1 aromatic rings. The van der Waals surface area contributed by atoms with Crippen molar-refractivity contribution in [2.45, 2.75) is 62.7 Å². The van der Waals surface area contributed by atoms with E-state index in [1.54, 1.807) is 0 Å². The topological polar surface area (TPSA) is 44.5 Å². The molecule has 3 aliphatic rings. The first-order valence-electron chi connectivity index (χ1n) is 7.46. The summed E-state index contributed by atoms with van der Waals surface area (Å²) in [4.78, 5) is 0. The number of rotatable bonds is 2. The molecule has 0 unspecified atom stereocenters. The van der Waals surface area contributed by atoms with Crippen LogP contribution in [0, 0.1) is 0 Å². The predicted molar refractivity (Wildman–Crippen MR) is 73.4 cm³/mol. The Labute approximate surface area is 114 Å². The average molecular weight is 259 g/mol. The summed E-state index contributed by atoms with van der Waals surface area (Å²) in [5.41, 5.74) is 7.51. The third-order valence-corrected chi connectivity index (χ3v) is 4.66. The minimum Gasteiger partial charge on any atom is -0.448 e. The van der Waals surface area contributed by atoms with E-state index in [2.05, 4.69) is 18.2 Å². The maximum atomic E-state index is 6.19. The van der Waals surface area contributed by atoms with Gasteiger partial charge in [-0.15, -0.1) is 0 Å². The fourth-order valence-electron chi connectivity index (χ4n) is 3.29. The molecule has 0 saturated heterocycles. The van der Waals surface area contributed by atoms with Gasteiger partial charge >= 0.3 is 0 Å². The van der Waals surface area contributed by atoms with Crippen LogP contribution in [-0.4, -0.2) is 11.3 Å². The van der Waals surface area contributed by atoms with Crippen LogP contribution in [0.25, 0.3) is 0 Å². The van der Waals surface area contributed by atoms with Crippen molar-refractivity contribution >= 4 is 0 Å². The summed E-state index contributed by atoms with van der Waals surface area (Å²) in [6.45, 7) is 0. The van der Waals surface area contributed by atoms with Gasteiger partial charge in [-0.3, -0.25) is 0 Å². The van der Waals surface area contributed by atoms with E-state index in [1.807, 2.05) is 0 Å². The molecule has 19 heavy (non-hydrogen) atoms. The summed E-state index contributed by atoms with van der Waals surface area (Å²) in [5.74, 6) is 1.47. The minimum atomic E-state index is -0.362. The lowest BCUT2D eigenvalue weighted by Gasteiger charge is -2.31. The first kappa shape index (κ1) is 11.6. The van der Waals surface area contributed by atoms with E-state index in [0.717, 1.165) is 43.6 Å². The summed E-state index contributed by atoms with van der Waals surface area (Å²) in [6, 6.07) is 6.32. The highest BCUT2D eigenvalue weighted by molar-refractivity contribution is 5.46. The van der Waals surface area contributed by atoms with E-state index in [1.165, 1.54) is 24.8 Å². The largest absolute Gasteiger partial charge is 0.448 e. The molecule has 4 rings (SSSR count). The first-order chi connectivity index (χ1) is 9.17. The number of fused-ring (bicyclic) bond motifs is 1. The Morgan fingerprint density at radius 2 is 1.68 bits per heavy atom. The minimum absolute atomic E-state index is 0.0518. The Bertz CT molecular complexity index is 501. The molecule has 0 amide bonds. The Morgan fingerprint density at radius 1 is 0.947 bits per heavy atom. The number of nitrogens with two attached hydrogens (primary N) is 1. The molecule has 3 nitrogen and oxygen atoms in total. The number of hydrogen-bond donors (Lipinski definition) is 1. The van der Waals surface area contributed by atoms with Crippen LogP contribution < -0.4 is 15.2 Å². The molecule has 2 saturated carbocycles. The SMILES string of the molecule is NC1(Cc2ccc3c(c2)OC2(CCCCC2)O3)CC1. The fourth-order valence-corrected chi connectivity index (χ4v) is 3.29. The van der Waals surface area contributed by atoms with Gasteiger partial charge in [0.05, 0.1) is 0 Å². The van der Waals surface area contributed by atoms with Crippen molar-refractivity contribution in [3.63, 3.8) is 0 Å². The maximum absolute atomic E-state index is 6.19. The Morgan fingerprint density at radius 3 is 2.42 bits per heavy atom. The van der Waals surface area contributed by atoms with E-state index in [4.69, 9.17) is 15.2 Å². The molecule has 0 aromatic heterocycles. The zero-order chi connectivity index (χ0) is 12.9. The second-order valence-corrected chi connectivity index (χ2v) is 6.50. The maximum Gasteiger partial charge on any atom is 0.251 e. The molecular weight excluding hydrogens is 238 g/mol. The summed E-state index contributed by atoms with van der Waals surface area (Å²) in [5, 5.41) is 0. The van der Waals surface area contributed by atoms with Crippen molar-refractivity contribution in [2.24, 2.45) is 5.73 Å². The lowest BCUT2D eigenvalue weighted by molar-refractivity contribution is -0.105. The molecule has 1 aliphatic heterocycles. The third kappa shape index (κ3) is 2.10. The molecule has 0 bridgehead atoms. The van der Waals surface area contributed by atoms with Gasteiger partial charge in [0.1, 0.15) is 0 Å². The molecule has 2 aliphatic carbocycles. The van der Waals surface area contributed by atoms with E-state index < -0.39 is 0 Å². The van der Waals surface area contributed by atoms with Crippen LogP contribution in [0.2, 0.25) is 0 Å². The second kappa shape index (κ2) is 3.89. The zero-order valence-electron chi connectivity index (χ0n) is 11.3. The molecule has 3 heteroatoms. The summed E-state index contributed by atoms with van der Waals surface area (Å²) in [6.07, 6.45) is 8.97. The fraction of sp³-hybridized carbons (Fsp3) is 0.625. The van der Waals surface area contributed by atoms with E-state index in [-0.39, 0.29) is 11.3 Å². The van der Waals surface area contributed by atoms with E-state index >= 15 is 0 Å². The highest BCUT2D eigenvalue weighted by atomic mass is 16.7. The van der Waals surface area contributed by atoms with Crippen molar-refractivity contribution < 1.29 is 9.47 Å². The number of hydrogen-bond acceptors (Lipinski definition) is 3. The highest BCUT2D eigenvalue weighted by Gasteiger charge is 2.43. The standard InChI is InChI=1S/C16H21NO2/c17-15(8-9-15)11-12-4-5-13-14(10-12)19-16(18-13)6-2-1-3-7-16/h4-5,10H,1-3,6-9,11,17H2. The second-order valence-electron chi connectivity index (χ2n) is 6.50. The van der Waals surface area contributed by atoms with Gasteiger partial charge in [0.2, 0.25) is 0 Å². The normalized spacial score (nSPS) is 25.5. The van der Waals surface area contributed by atoms with Crippen LogP contribution in [0.15, 0.2) is 18.2 Å². The molecule has 0 atom stereocenters. The van der Waals surface area contributed by atoms with Gasteiger partial charge in [-0.1, -0.05) is 12.5 Å². The molecular formula is C16H21NO2.